The highest BCUT2D eigenvalue weighted by Crippen LogP contribution is 2.38. The van der Waals surface area contributed by atoms with Gasteiger partial charge in [0.2, 0.25) is 0 Å². The van der Waals surface area contributed by atoms with Crippen molar-refractivity contribution in [3.8, 4) is 0 Å². The highest BCUT2D eigenvalue weighted by Gasteiger charge is 2.54. The first-order valence-corrected chi connectivity index (χ1v) is 9.84. The van der Waals surface area contributed by atoms with E-state index in [1.54, 1.807) is 0 Å². The first-order chi connectivity index (χ1) is 13.2. The van der Waals surface area contributed by atoms with Crippen LogP contribution in [0.15, 0.2) is 0 Å². The maximum absolute atomic E-state index is 11.0. The molecule has 0 aromatic rings. The minimum atomic E-state index is -1.88. The van der Waals surface area contributed by atoms with Crippen LogP contribution >= 0.6 is 0 Å². The molecule has 4 saturated heterocycles. The molecular weight excluding hydrogens is 376 g/mol. The van der Waals surface area contributed by atoms with Crippen LogP contribution in [0.1, 0.15) is 25.7 Å². The van der Waals surface area contributed by atoms with Gasteiger partial charge >= 0.3 is 0 Å². The van der Waals surface area contributed by atoms with Crippen molar-refractivity contribution in [3.05, 3.63) is 0 Å². The number of epoxide rings is 4. The third-order valence-electron chi connectivity index (χ3n) is 6.03. The Morgan fingerprint density at radius 1 is 0.571 bits per heavy atom. The molecule has 0 bridgehead atoms. The lowest BCUT2D eigenvalue weighted by molar-refractivity contribution is -0.205. The number of aliphatic hydroxyl groups is 6. The summed E-state index contributed by atoms with van der Waals surface area (Å²) in [6, 6.07) is 0. The van der Waals surface area contributed by atoms with Gasteiger partial charge in [0.15, 0.2) is 0 Å². The second kappa shape index (κ2) is 7.69. The van der Waals surface area contributed by atoms with Gasteiger partial charge in [-0.1, -0.05) is 0 Å². The van der Waals surface area contributed by atoms with Gasteiger partial charge in [-0.3, -0.25) is 0 Å². The summed E-state index contributed by atoms with van der Waals surface area (Å²) in [4.78, 5) is 0. The van der Waals surface area contributed by atoms with Crippen molar-refractivity contribution in [2.24, 2.45) is 0 Å². The van der Waals surface area contributed by atoms with Crippen LogP contribution in [-0.2, 0) is 18.9 Å². The van der Waals surface area contributed by atoms with E-state index in [4.69, 9.17) is 18.9 Å². The minimum Gasteiger partial charge on any atom is -0.387 e. The molecular formula is C18H30O10. The molecule has 0 radical (unpaired) electrons. The van der Waals surface area contributed by atoms with Crippen LogP contribution in [-0.4, -0.2) is 117 Å². The third kappa shape index (κ3) is 5.01. The third-order valence-corrected chi connectivity index (χ3v) is 6.03. The molecule has 0 aromatic heterocycles. The summed E-state index contributed by atoms with van der Waals surface area (Å²) < 4.78 is 20.5. The standard InChI is InChI=1S/C18H30O10/c19-13(15(21)17(23,1-9-5-25-9)2-10-6-26-10)14(20)16(22)18(24,3-11-7-27-11)4-12-8-28-12/h9-16,19-24H,1-8H2/t9?,10?,11?,12?,13-,14-,15-,16+,17?,18?/m0/s1. The van der Waals surface area contributed by atoms with Crippen LogP contribution < -0.4 is 0 Å². The van der Waals surface area contributed by atoms with Gasteiger partial charge in [0, 0.05) is 25.7 Å². The first-order valence-electron chi connectivity index (χ1n) is 9.84. The summed E-state index contributed by atoms with van der Waals surface area (Å²) in [5, 5.41) is 64.3. The zero-order valence-electron chi connectivity index (χ0n) is 15.6. The van der Waals surface area contributed by atoms with E-state index in [-0.39, 0.29) is 50.1 Å². The molecule has 4 unspecified atom stereocenters. The van der Waals surface area contributed by atoms with Gasteiger partial charge in [-0.25, -0.2) is 0 Å². The summed E-state index contributed by atoms with van der Waals surface area (Å²) in [6.07, 6.45) is -7.93. The van der Waals surface area contributed by atoms with Crippen LogP contribution in [0.25, 0.3) is 0 Å². The number of ether oxygens (including phenoxy) is 4. The number of aliphatic hydroxyl groups excluding tert-OH is 4. The number of hydrogen-bond donors (Lipinski definition) is 6. The summed E-state index contributed by atoms with van der Waals surface area (Å²) in [5.74, 6) is 0. The van der Waals surface area contributed by atoms with E-state index >= 15 is 0 Å². The molecule has 10 nitrogen and oxygen atoms in total. The Labute approximate surface area is 162 Å². The van der Waals surface area contributed by atoms with E-state index in [0.717, 1.165) is 0 Å². The average Bonchev–Trinajstić information content (AvgIpc) is 3.42. The smallest absolute Gasteiger partial charge is 0.111 e. The van der Waals surface area contributed by atoms with Gasteiger partial charge in [0.25, 0.3) is 0 Å². The molecule has 0 spiro atoms. The minimum absolute atomic E-state index is 0.0734. The zero-order chi connectivity index (χ0) is 20.1. The second-order valence-corrected chi connectivity index (χ2v) is 8.72. The molecule has 8 atom stereocenters. The topological polar surface area (TPSA) is 172 Å². The predicted octanol–water partition coefficient (Wildman–Crippen LogP) is -2.95. The SMILES string of the molecule is O[C@@H]([C@H](O)[C@H](O)C(O)(CC1CO1)CC1CO1)[C@@H](O)C(O)(CC1CO1)CC1CO1. The van der Waals surface area contributed by atoms with Crippen LogP contribution in [0.2, 0.25) is 0 Å². The zero-order valence-corrected chi connectivity index (χ0v) is 15.6. The molecule has 4 aliphatic heterocycles. The molecule has 0 saturated carbocycles. The van der Waals surface area contributed by atoms with Crippen molar-refractivity contribution in [2.75, 3.05) is 26.4 Å². The molecule has 28 heavy (non-hydrogen) atoms. The molecule has 0 aromatic carbocycles. The Hall–Kier alpha value is -0.400. The molecule has 162 valence electrons. The van der Waals surface area contributed by atoms with Crippen LogP contribution in [0.5, 0.6) is 0 Å². The van der Waals surface area contributed by atoms with Crippen LogP contribution in [0.3, 0.4) is 0 Å². The van der Waals surface area contributed by atoms with Crippen LogP contribution in [0, 0.1) is 0 Å². The Kier molecular flexibility index (Phi) is 5.73. The highest BCUT2D eigenvalue weighted by molar-refractivity contribution is 5.04. The quantitative estimate of drug-likeness (QED) is 0.174. The Morgan fingerprint density at radius 3 is 0.964 bits per heavy atom. The van der Waals surface area contributed by atoms with Gasteiger partial charge in [0.1, 0.15) is 24.4 Å². The Morgan fingerprint density at radius 2 is 0.786 bits per heavy atom. The van der Waals surface area contributed by atoms with Crippen molar-refractivity contribution in [1.29, 1.82) is 0 Å². The Balaban J connectivity index is 1.43. The van der Waals surface area contributed by atoms with Gasteiger partial charge < -0.3 is 49.6 Å². The molecule has 4 heterocycles. The fourth-order valence-electron chi connectivity index (χ4n) is 3.98. The highest BCUT2D eigenvalue weighted by atomic mass is 16.6. The molecule has 6 N–H and O–H groups in total. The maximum Gasteiger partial charge on any atom is 0.111 e. The first kappa shape index (κ1) is 20.9. The fraction of sp³-hybridized carbons (Fsp3) is 1.00. The molecule has 4 fully saturated rings. The molecule has 4 rings (SSSR count). The summed E-state index contributed by atoms with van der Waals surface area (Å²) in [7, 11) is 0. The lowest BCUT2D eigenvalue weighted by Gasteiger charge is -2.41. The van der Waals surface area contributed by atoms with Crippen LogP contribution in [0.4, 0.5) is 0 Å². The maximum atomic E-state index is 11.0. The number of rotatable bonds is 13. The van der Waals surface area contributed by atoms with Gasteiger partial charge in [0.05, 0.1) is 62.0 Å². The molecule has 4 aliphatic rings. The van der Waals surface area contributed by atoms with E-state index in [2.05, 4.69) is 0 Å². The van der Waals surface area contributed by atoms with Gasteiger partial charge in [-0.15, -0.1) is 0 Å². The van der Waals surface area contributed by atoms with E-state index in [9.17, 15) is 30.6 Å². The molecule has 10 heteroatoms. The van der Waals surface area contributed by atoms with Gasteiger partial charge in [-0.05, 0) is 0 Å². The summed E-state index contributed by atoms with van der Waals surface area (Å²) >= 11 is 0. The van der Waals surface area contributed by atoms with E-state index < -0.39 is 35.6 Å². The summed E-state index contributed by atoms with van der Waals surface area (Å²) in [5.41, 5.74) is -3.50. The Bertz CT molecular complexity index is 466. The lowest BCUT2D eigenvalue weighted by Crippen LogP contribution is -2.61. The monoisotopic (exact) mass is 406 g/mol. The predicted molar refractivity (Wildman–Crippen MR) is 91.4 cm³/mol. The second-order valence-electron chi connectivity index (χ2n) is 8.72. The van der Waals surface area contributed by atoms with Crippen molar-refractivity contribution in [2.45, 2.75) is 85.7 Å². The van der Waals surface area contributed by atoms with Crippen molar-refractivity contribution >= 4 is 0 Å². The largest absolute Gasteiger partial charge is 0.387 e. The summed E-state index contributed by atoms with van der Waals surface area (Å²) in [6.45, 7) is 1.80. The van der Waals surface area contributed by atoms with E-state index in [1.165, 1.54) is 0 Å². The van der Waals surface area contributed by atoms with Crippen molar-refractivity contribution in [1.82, 2.24) is 0 Å². The van der Waals surface area contributed by atoms with E-state index in [0.29, 0.717) is 26.4 Å². The van der Waals surface area contributed by atoms with E-state index in [1.807, 2.05) is 0 Å². The fourth-order valence-corrected chi connectivity index (χ4v) is 3.98. The molecule has 0 aliphatic carbocycles. The average molecular weight is 406 g/mol. The normalized spacial score (nSPS) is 39.2. The van der Waals surface area contributed by atoms with Gasteiger partial charge in [-0.2, -0.15) is 0 Å². The van der Waals surface area contributed by atoms with Crippen molar-refractivity contribution < 1.29 is 49.6 Å². The lowest BCUT2D eigenvalue weighted by atomic mass is 9.78. The molecule has 0 amide bonds. The number of hydrogen-bond acceptors (Lipinski definition) is 10. The van der Waals surface area contributed by atoms with Crippen molar-refractivity contribution in [3.63, 3.8) is 0 Å².